The van der Waals surface area contributed by atoms with Gasteiger partial charge in [-0.05, 0) is 44.5 Å². The Balaban J connectivity index is 2.70. The zero-order valence-corrected chi connectivity index (χ0v) is 10.6. The smallest absolute Gasteiger partial charge is 0.119 e. The van der Waals surface area contributed by atoms with Crippen LogP contribution in [0.5, 0.6) is 5.75 Å². The van der Waals surface area contributed by atoms with Crippen LogP contribution in [-0.4, -0.2) is 18.4 Å². The van der Waals surface area contributed by atoms with E-state index >= 15 is 0 Å². The Hall–Kier alpha value is -0.670. The van der Waals surface area contributed by atoms with Gasteiger partial charge in [-0.15, -0.1) is 11.8 Å². The Morgan fingerprint density at radius 1 is 1.40 bits per heavy atom. The molecule has 84 valence electrons. The molecule has 0 aliphatic carbocycles. The van der Waals surface area contributed by atoms with Crippen molar-refractivity contribution in [2.24, 2.45) is 5.73 Å². The van der Waals surface area contributed by atoms with Crippen molar-refractivity contribution < 1.29 is 4.74 Å². The minimum Gasteiger partial charge on any atom is -0.497 e. The number of rotatable bonds is 4. The minimum atomic E-state index is -0.128. The molecule has 15 heavy (non-hydrogen) atoms. The summed E-state index contributed by atoms with van der Waals surface area (Å²) in [4.78, 5) is 1.27. The van der Waals surface area contributed by atoms with Gasteiger partial charge in [-0.3, -0.25) is 0 Å². The van der Waals surface area contributed by atoms with Gasteiger partial charge in [-0.2, -0.15) is 0 Å². The zero-order valence-electron chi connectivity index (χ0n) is 9.83. The van der Waals surface area contributed by atoms with E-state index in [0.717, 1.165) is 11.5 Å². The van der Waals surface area contributed by atoms with E-state index in [0.29, 0.717) is 0 Å². The maximum Gasteiger partial charge on any atom is 0.119 e. The van der Waals surface area contributed by atoms with Gasteiger partial charge in [-0.1, -0.05) is 0 Å². The molecule has 1 rings (SSSR count). The highest BCUT2D eigenvalue weighted by Gasteiger charge is 2.11. The fraction of sp³-hybridized carbons (Fsp3) is 0.500. The molecule has 0 amide bonds. The molecule has 0 radical (unpaired) electrons. The third-order valence-electron chi connectivity index (χ3n) is 1.98. The van der Waals surface area contributed by atoms with Crippen molar-refractivity contribution in [2.75, 3.05) is 12.9 Å². The van der Waals surface area contributed by atoms with E-state index in [1.165, 1.54) is 10.5 Å². The summed E-state index contributed by atoms with van der Waals surface area (Å²) in [5.74, 6) is 1.82. The van der Waals surface area contributed by atoms with E-state index in [9.17, 15) is 0 Å². The van der Waals surface area contributed by atoms with Crippen LogP contribution in [0, 0.1) is 6.92 Å². The van der Waals surface area contributed by atoms with Crippen LogP contribution in [0.25, 0.3) is 0 Å². The molecular formula is C12H19NOS. The van der Waals surface area contributed by atoms with Gasteiger partial charge in [0.2, 0.25) is 0 Å². The van der Waals surface area contributed by atoms with Crippen molar-refractivity contribution in [3.8, 4) is 5.75 Å². The Morgan fingerprint density at radius 2 is 2.07 bits per heavy atom. The van der Waals surface area contributed by atoms with Gasteiger partial charge in [0.25, 0.3) is 0 Å². The van der Waals surface area contributed by atoms with Crippen LogP contribution in [-0.2, 0) is 0 Å². The van der Waals surface area contributed by atoms with Gasteiger partial charge in [0.15, 0.2) is 0 Å². The highest BCUT2D eigenvalue weighted by molar-refractivity contribution is 7.99. The number of methoxy groups -OCH3 is 1. The fourth-order valence-corrected chi connectivity index (χ4v) is 2.15. The highest BCUT2D eigenvalue weighted by Crippen LogP contribution is 2.27. The molecule has 2 nitrogen and oxygen atoms in total. The lowest BCUT2D eigenvalue weighted by molar-refractivity contribution is 0.414. The van der Waals surface area contributed by atoms with Crippen molar-refractivity contribution in [2.45, 2.75) is 31.2 Å². The first-order valence-corrected chi connectivity index (χ1v) is 5.97. The lowest BCUT2D eigenvalue weighted by Crippen LogP contribution is -2.34. The van der Waals surface area contributed by atoms with Gasteiger partial charge in [0.1, 0.15) is 5.75 Å². The number of hydrogen-bond acceptors (Lipinski definition) is 3. The second-order valence-electron chi connectivity index (χ2n) is 4.41. The SMILES string of the molecule is COc1ccc(SCC(C)(C)N)c(C)c1. The number of hydrogen-bond donors (Lipinski definition) is 1. The van der Waals surface area contributed by atoms with E-state index in [1.807, 2.05) is 26.0 Å². The molecule has 0 atom stereocenters. The Labute approximate surface area is 96.2 Å². The van der Waals surface area contributed by atoms with E-state index in [2.05, 4.69) is 13.0 Å². The van der Waals surface area contributed by atoms with Crippen LogP contribution in [0.3, 0.4) is 0 Å². The monoisotopic (exact) mass is 225 g/mol. The van der Waals surface area contributed by atoms with Crippen LogP contribution in [0.4, 0.5) is 0 Å². The van der Waals surface area contributed by atoms with E-state index < -0.39 is 0 Å². The second kappa shape index (κ2) is 4.90. The first-order valence-electron chi connectivity index (χ1n) is 4.99. The summed E-state index contributed by atoms with van der Waals surface area (Å²) < 4.78 is 5.16. The first-order chi connectivity index (χ1) is 6.92. The zero-order chi connectivity index (χ0) is 11.5. The number of benzene rings is 1. The molecule has 2 N–H and O–H groups in total. The molecule has 0 heterocycles. The number of aryl methyl sites for hydroxylation is 1. The van der Waals surface area contributed by atoms with Crippen LogP contribution < -0.4 is 10.5 Å². The average molecular weight is 225 g/mol. The largest absolute Gasteiger partial charge is 0.497 e. The topological polar surface area (TPSA) is 35.2 Å². The number of thioether (sulfide) groups is 1. The molecule has 0 unspecified atom stereocenters. The van der Waals surface area contributed by atoms with Crippen LogP contribution >= 0.6 is 11.8 Å². The summed E-state index contributed by atoms with van der Waals surface area (Å²) in [5, 5.41) is 0. The van der Waals surface area contributed by atoms with Crippen LogP contribution in [0.2, 0.25) is 0 Å². The maximum atomic E-state index is 5.94. The van der Waals surface area contributed by atoms with Gasteiger partial charge >= 0.3 is 0 Å². The third-order valence-corrected chi connectivity index (χ3v) is 3.64. The van der Waals surface area contributed by atoms with Crippen LogP contribution in [0.1, 0.15) is 19.4 Å². The molecule has 3 heteroatoms. The average Bonchev–Trinajstić information content (AvgIpc) is 2.14. The number of ether oxygens (including phenoxy) is 1. The third kappa shape index (κ3) is 4.14. The molecule has 0 saturated heterocycles. The normalized spacial score (nSPS) is 11.5. The predicted molar refractivity (Wildman–Crippen MR) is 66.7 cm³/mol. The number of nitrogens with two attached hydrogens (primary N) is 1. The van der Waals surface area contributed by atoms with E-state index in [4.69, 9.17) is 10.5 Å². The fourth-order valence-electron chi connectivity index (χ4n) is 1.17. The van der Waals surface area contributed by atoms with Crippen LogP contribution in [0.15, 0.2) is 23.1 Å². The molecule has 1 aromatic carbocycles. The molecule has 0 fully saturated rings. The summed E-state index contributed by atoms with van der Waals surface area (Å²) in [7, 11) is 1.69. The van der Waals surface area contributed by atoms with E-state index in [1.54, 1.807) is 18.9 Å². The van der Waals surface area contributed by atoms with Gasteiger partial charge in [0, 0.05) is 16.2 Å². The highest BCUT2D eigenvalue weighted by atomic mass is 32.2. The summed E-state index contributed by atoms with van der Waals surface area (Å²) in [6.07, 6.45) is 0. The molecule has 0 aromatic heterocycles. The van der Waals surface area contributed by atoms with Crippen molar-refractivity contribution in [1.82, 2.24) is 0 Å². The quantitative estimate of drug-likeness (QED) is 0.800. The Morgan fingerprint density at radius 3 is 2.53 bits per heavy atom. The summed E-state index contributed by atoms with van der Waals surface area (Å²) in [6, 6.07) is 6.12. The molecule has 0 aliphatic heterocycles. The summed E-state index contributed by atoms with van der Waals surface area (Å²) >= 11 is 1.79. The van der Waals surface area contributed by atoms with E-state index in [-0.39, 0.29) is 5.54 Å². The molecule has 0 aliphatic rings. The standard InChI is InChI=1S/C12H19NOS/c1-9-7-10(14-4)5-6-11(9)15-8-12(2,3)13/h5-7H,8,13H2,1-4H3. The van der Waals surface area contributed by atoms with Crippen molar-refractivity contribution in [3.63, 3.8) is 0 Å². The predicted octanol–water partition coefficient (Wildman–Crippen LogP) is 2.83. The summed E-state index contributed by atoms with van der Waals surface area (Å²) in [6.45, 7) is 6.17. The van der Waals surface area contributed by atoms with Crippen molar-refractivity contribution >= 4 is 11.8 Å². The van der Waals surface area contributed by atoms with Crippen molar-refractivity contribution in [3.05, 3.63) is 23.8 Å². The second-order valence-corrected chi connectivity index (χ2v) is 5.43. The Kier molecular flexibility index (Phi) is 4.05. The van der Waals surface area contributed by atoms with Gasteiger partial charge < -0.3 is 10.5 Å². The lowest BCUT2D eigenvalue weighted by Gasteiger charge is -2.18. The van der Waals surface area contributed by atoms with Gasteiger partial charge in [0.05, 0.1) is 7.11 Å². The molecule has 0 saturated carbocycles. The molecule has 1 aromatic rings. The molecule has 0 spiro atoms. The summed E-state index contributed by atoms with van der Waals surface area (Å²) in [5.41, 5.74) is 7.06. The molecule has 0 bridgehead atoms. The van der Waals surface area contributed by atoms with Crippen molar-refractivity contribution in [1.29, 1.82) is 0 Å². The lowest BCUT2D eigenvalue weighted by atomic mass is 10.1. The Bertz CT molecular complexity index is 331. The maximum absolute atomic E-state index is 5.94. The van der Waals surface area contributed by atoms with Gasteiger partial charge in [-0.25, -0.2) is 0 Å². The minimum absolute atomic E-state index is 0.128. The first kappa shape index (κ1) is 12.4. The molecular weight excluding hydrogens is 206 g/mol.